The number of benzene rings is 1. The largest absolute Gasteiger partial charge is 0.338 e. The van der Waals surface area contributed by atoms with Gasteiger partial charge < -0.3 is 14.7 Å². The van der Waals surface area contributed by atoms with Gasteiger partial charge in [0.25, 0.3) is 5.91 Å². The summed E-state index contributed by atoms with van der Waals surface area (Å²) in [5.74, 6) is 0.472. The first kappa shape index (κ1) is 17.0. The molecule has 1 atom stereocenters. The van der Waals surface area contributed by atoms with E-state index in [1.165, 1.54) is 0 Å². The molecule has 5 heteroatoms. The summed E-state index contributed by atoms with van der Waals surface area (Å²) in [5, 5.41) is 0. The zero-order valence-electron chi connectivity index (χ0n) is 14.9. The van der Waals surface area contributed by atoms with Gasteiger partial charge in [0.15, 0.2) is 0 Å². The van der Waals surface area contributed by atoms with Gasteiger partial charge in [-0.15, -0.1) is 0 Å². The predicted octanol–water partition coefficient (Wildman–Crippen LogP) is 1.83. The molecule has 0 aromatic heterocycles. The van der Waals surface area contributed by atoms with E-state index in [1.54, 1.807) is 4.90 Å². The van der Waals surface area contributed by atoms with Gasteiger partial charge in [0, 0.05) is 38.3 Å². The van der Waals surface area contributed by atoms with E-state index in [2.05, 4.69) is 25.8 Å². The summed E-state index contributed by atoms with van der Waals surface area (Å²) in [4.78, 5) is 31.9. The Kier molecular flexibility index (Phi) is 4.90. The van der Waals surface area contributed by atoms with Crippen LogP contribution in [0.15, 0.2) is 24.3 Å². The lowest BCUT2D eigenvalue weighted by atomic mass is 10.0. The molecule has 24 heavy (non-hydrogen) atoms. The molecule has 5 nitrogen and oxygen atoms in total. The second-order valence-corrected chi connectivity index (χ2v) is 7.36. The molecule has 2 aliphatic rings. The van der Waals surface area contributed by atoms with Crippen LogP contribution >= 0.6 is 0 Å². The van der Waals surface area contributed by atoms with Crippen LogP contribution in [0.2, 0.25) is 0 Å². The van der Waals surface area contributed by atoms with Gasteiger partial charge in [-0.2, -0.15) is 0 Å². The summed E-state index contributed by atoms with van der Waals surface area (Å²) in [6.07, 6.45) is 0.713. The van der Waals surface area contributed by atoms with Crippen LogP contribution in [0.5, 0.6) is 0 Å². The number of rotatable bonds is 4. The molecular formula is C19H27N3O2. The predicted molar refractivity (Wildman–Crippen MR) is 93.6 cm³/mol. The minimum absolute atomic E-state index is 0.00118. The number of carbonyl (C=O) groups excluding carboxylic acids is 2. The van der Waals surface area contributed by atoms with Crippen LogP contribution < -0.4 is 0 Å². The Labute approximate surface area is 144 Å². The van der Waals surface area contributed by atoms with Crippen molar-refractivity contribution in [1.29, 1.82) is 0 Å². The third kappa shape index (κ3) is 3.31. The first-order valence-corrected chi connectivity index (χ1v) is 8.83. The van der Waals surface area contributed by atoms with E-state index < -0.39 is 0 Å². The lowest BCUT2D eigenvalue weighted by Gasteiger charge is -2.37. The third-order valence-corrected chi connectivity index (χ3v) is 5.02. The van der Waals surface area contributed by atoms with Gasteiger partial charge in [-0.1, -0.05) is 32.0 Å². The highest BCUT2D eigenvalue weighted by atomic mass is 16.2. The van der Waals surface area contributed by atoms with Crippen molar-refractivity contribution in [3.63, 3.8) is 0 Å². The van der Waals surface area contributed by atoms with Gasteiger partial charge in [0.1, 0.15) is 6.04 Å². The van der Waals surface area contributed by atoms with Crippen LogP contribution in [0, 0.1) is 5.92 Å². The minimum Gasteiger partial charge on any atom is -0.338 e. The van der Waals surface area contributed by atoms with E-state index >= 15 is 0 Å². The van der Waals surface area contributed by atoms with Crippen LogP contribution in [0.4, 0.5) is 0 Å². The van der Waals surface area contributed by atoms with Crippen molar-refractivity contribution < 1.29 is 9.59 Å². The molecule has 1 aromatic carbocycles. The smallest absolute Gasteiger partial charge is 0.255 e. The highest BCUT2D eigenvalue weighted by molar-refractivity contribution is 6.01. The normalized spacial score (nSPS) is 19.8. The fourth-order valence-electron chi connectivity index (χ4n) is 3.57. The lowest BCUT2D eigenvalue weighted by Crippen LogP contribution is -2.54. The monoisotopic (exact) mass is 329 g/mol. The second kappa shape index (κ2) is 6.93. The Morgan fingerprint density at radius 1 is 1.12 bits per heavy atom. The number of fused-ring (bicyclic) bond motifs is 1. The maximum atomic E-state index is 13.1. The van der Waals surface area contributed by atoms with Crippen LogP contribution in [-0.4, -0.2) is 65.8 Å². The van der Waals surface area contributed by atoms with Crippen LogP contribution in [-0.2, 0) is 11.3 Å². The van der Waals surface area contributed by atoms with E-state index in [-0.39, 0.29) is 17.9 Å². The van der Waals surface area contributed by atoms with E-state index in [9.17, 15) is 9.59 Å². The maximum Gasteiger partial charge on any atom is 0.255 e. The first-order valence-electron chi connectivity index (χ1n) is 8.83. The molecule has 0 N–H and O–H groups in total. The first-order chi connectivity index (χ1) is 11.5. The Morgan fingerprint density at radius 3 is 2.42 bits per heavy atom. The summed E-state index contributed by atoms with van der Waals surface area (Å²) < 4.78 is 0. The molecule has 0 aliphatic carbocycles. The van der Waals surface area contributed by atoms with Crippen molar-refractivity contribution in [2.45, 2.75) is 32.9 Å². The number of amides is 2. The molecule has 1 saturated heterocycles. The van der Waals surface area contributed by atoms with Crippen molar-refractivity contribution >= 4 is 11.8 Å². The van der Waals surface area contributed by atoms with Crippen molar-refractivity contribution in [2.24, 2.45) is 5.92 Å². The third-order valence-electron chi connectivity index (χ3n) is 5.02. The molecule has 130 valence electrons. The Balaban J connectivity index is 1.80. The molecule has 3 rings (SSSR count). The highest BCUT2D eigenvalue weighted by Crippen LogP contribution is 2.27. The molecular weight excluding hydrogens is 302 g/mol. The Bertz CT molecular complexity index is 621. The average Bonchev–Trinajstić information content (AvgIpc) is 2.90. The quantitative estimate of drug-likeness (QED) is 0.846. The van der Waals surface area contributed by atoms with Crippen LogP contribution in [0.25, 0.3) is 0 Å². The summed E-state index contributed by atoms with van der Waals surface area (Å²) in [7, 11) is 2.08. The standard InChI is InChI=1S/C19H27N3O2/c1-14(2)12-17(19(24)21-10-8-20(3)9-11-21)22-13-15-6-4-5-7-16(15)18(22)23/h4-7,14,17H,8-13H2,1-3H3. The van der Waals surface area contributed by atoms with E-state index in [4.69, 9.17) is 0 Å². The van der Waals surface area contributed by atoms with Gasteiger partial charge in [-0.05, 0) is 31.0 Å². The van der Waals surface area contributed by atoms with Crippen LogP contribution in [0.1, 0.15) is 36.2 Å². The minimum atomic E-state index is -0.353. The molecule has 1 fully saturated rings. The number of carbonyl (C=O) groups is 2. The molecule has 1 aromatic rings. The number of piperazine rings is 1. The van der Waals surface area contributed by atoms with Crippen LogP contribution in [0.3, 0.4) is 0 Å². The zero-order chi connectivity index (χ0) is 17.3. The molecule has 0 bridgehead atoms. The number of hydrogen-bond donors (Lipinski definition) is 0. The topological polar surface area (TPSA) is 43.9 Å². The molecule has 0 saturated carbocycles. The van der Waals surface area contributed by atoms with Crippen molar-refractivity contribution in [3.8, 4) is 0 Å². The van der Waals surface area contributed by atoms with Crippen molar-refractivity contribution in [3.05, 3.63) is 35.4 Å². The van der Waals surface area contributed by atoms with E-state index in [0.29, 0.717) is 18.9 Å². The number of nitrogens with zero attached hydrogens (tertiary/aromatic N) is 3. The fourth-order valence-corrected chi connectivity index (χ4v) is 3.57. The van der Waals surface area contributed by atoms with Gasteiger partial charge in [0.2, 0.25) is 5.91 Å². The summed E-state index contributed by atoms with van der Waals surface area (Å²) >= 11 is 0. The van der Waals surface area contributed by atoms with Crippen molar-refractivity contribution in [2.75, 3.05) is 33.2 Å². The number of likely N-dealkylation sites (N-methyl/N-ethyl adjacent to an activating group) is 1. The molecule has 1 unspecified atom stereocenters. The van der Waals surface area contributed by atoms with Gasteiger partial charge in [-0.25, -0.2) is 0 Å². The summed E-state index contributed by atoms with van der Waals surface area (Å²) in [6.45, 7) is 8.06. The van der Waals surface area contributed by atoms with Gasteiger partial charge in [0.05, 0.1) is 0 Å². The highest BCUT2D eigenvalue weighted by Gasteiger charge is 2.38. The van der Waals surface area contributed by atoms with Gasteiger partial charge >= 0.3 is 0 Å². The summed E-state index contributed by atoms with van der Waals surface area (Å²) in [6, 6.07) is 7.34. The van der Waals surface area contributed by atoms with E-state index in [1.807, 2.05) is 29.2 Å². The maximum absolute atomic E-state index is 13.1. The fraction of sp³-hybridized carbons (Fsp3) is 0.579. The zero-order valence-corrected chi connectivity index (χ0v) is 14.9. The second-order valence-electron chi connectivity index (χ2n) is 7.36. The lowest BCUT2D eigenvalue weighted by molar-refractivity contribution is -0.138. The van der Waals surface area contributed by atoms with E-state index in [0.717, 1.165) is 37.3 Å². The molecule has 2 heterocycles. The molecule has 2 aliphatic heterocycles. The van der Waals surface area contributed by atoms with Crippen molar-refractivity contribution in [1.82, 2.24) is 14.7 Å². The SMILES string of the molecule is CC(C)CC(C(=O)N1CCN(C)CC1)N1Cc2ccccc2C1=O. The number of hydrogen-bond acceptors (Lipinski definition) is 3. The molecule has 0 radical (unpaired) electrons. The van der Waals surface area contributed by atoms with Gasteiger partial charge in [-0.3, -0.25) is 9.59 Å². The Hall–Kier alpha value is -1.88. The Morgan fingerprint density at radius 2 is 1.79 bits per heavy atom. The average molecular weight is 329 g/mol. The molecule has 2 amide bonds. The summed E-state index contributed by atoms with van der Waals surface area (Å²) in [5.41, 5.74) is 1.78. The molecule has 0 spiro atoms.